The van der Waals surface area contributed by atoms with Crippen molar-refractivity contribution in [2.24, 2.45) is 4.99 Å². The number of carbonyl (C=O) groups excluding carboxylic acids is 1. The van der Waals surface area contributed by atoms with Crippen molar-refractivity contribution in [2.75, 3.05) is 0 Å². The number of benzene rings is 2. The molecule has 0 amide bonds. The van der Waals surface area contributed by atoms with E-state index in [1.807, 2.05) is 55.5 Å². The number of ether oxygens (including phenoxy) is 1. The molecule has 0 aliphatic carbocycles. The Labute approximate surface area is 131 Å². The summed E-state index contributed by atoms with van der Waals surface area (Å²) in [7, 11) is 0. The smallest absolute Gasteiger partial charge is 0.363 e. The van der Waals surface area contributed by atoms with Gasteiger partial charge in [-0.2, -0.15) is 0 Å². The maximum atomic E-state index is 11.9. The molecule has 104 valence electrons. The van der Waals surface area contributed by atoms with Crippen molar-refractivity contribution in [3.63, 3.8) is 0 Å². The van der Waals surface area contributed by atoms with Crippen LogP contribution in [0.5, 0.6) is 0 Å². The quantitative estimate of drug-likeness (QED) is 0.609. The second kappa shape index (κ2) is 5.66. The van der Waals surface area contributed by atoms with Gasteiger partial charge in [-0.25, -0.2) is 9.79 Å². The minimum Gasteiger partial charge on any atom is -0.402 e. The first-order valence-corrected chi connectivity index (χ1v) is 7.27. The molecule has 0 atom stereocenters. The predicted octanol–water partition coefficient (Wildman–Crippen LogP) is 4.10. The molecule has 3 rings (SSSR count). The van der Waals surface area contributed by atoms with Crippen LogP contribution in [-0.4, -0.2) is 11.9 Å². The largest absolute Gasteiger partial charge is 0.402 e. The number of hydrogen-bond donors (Lipinski definition) is 0. The van der Waals surface area contributed by atoms with E-state index in [1.165, 1.54) is 0 Å². The van der Waals surface area contributed by atoms with Crippen LogP contribution in [0.3, 0.4) is 0 Å². The summed E-state index contributed by atoms with van der Waals surface area (Å²) in [5.74, 6) is -0.0577. The van der Waals surface area contributed by atoms with E-state index in [-0.39, 0.29) is 0 Å². The van der Waals surface area contributed by atoms with Crippen LogP contribution < -0.4 is 0 Å². The number of aryl methyl sites for hydroxylation is 1. The third-order valence-electron chi connectivity index (χ3n) is 3.17. The van der Waals surface area contributed by atoms with E-state index in [0.29, 0.717) is 11.6 Å². The van der Waals surface area contributed by atoms with Crippen LogP contribution in [0.15, 0.2) is 63.7 Å². The van der Waals surface area contributed by atoms with Crippen LogP contribution in [0, 0.1) is 6.92 Å². The predicted molar refractivity (Wildman–Crippen MR) is 85.9 cm³/mol. The first-order valence-electron chi connectivity index (χ1n) is 6.47. The third-order valence-corrected chi connectivity index (χ3v) is 3.70. The third kappa shape index (κ3) is 2.95. The summed E-state index contributed by atoms with van der Waals surface area (Å²) in [6.07, 6.45) is 1.72. The number of aliphatic imine (C=N–C) groups is 1. The highest BCUT2D eigenvalue weighted by atomic mass is 79.9. The van der Waals surface area contributed by atoms with Gasteiger partial charge in [-0.3, -0.25) is 0 Å². The molecule has 2 aromatic carbocycles. The van der Waals surface area contributed by atoms with Crippen LogP contribution in [-0.2, 0) is 9.53 Å². The van der Waals surface area contributed by atoms with Crippen LogP contribution in [0.4, 0.5) is 0 Å². The fraction of sp³-hybridized carbons (Fsp3) is 0.0588. The van der Waals surface area contributed by atoms with Crippen molar-refractivity contribution in [2.45, 2.75) is 6.92 Å². The second-order valence-corrected chi connectivity index (χ2v) is 5.62. The average molecular weight is 342 g/mol. The van der Waals surface area contributed by atoms with Gasteiger partial charge in [0.1, 0.15) is 0 Å². The van der Waals surface area contributed by atoms with E-state index >= 15 is 0 Å². The fourth-order valence-corrected chi connectivity index (χ4v) is 2.32. The van der Waals surface area contributed by atoms with Crippen molar-refractivity contribution >= 4 is 33.9 Å². The van der Waals surface area contributed by atoms with Crippen LogP contribution in [0.1, 0.15) is 16.7 Å². The lowest BCUT2D eigenvalue weighted by Crippen LogP contribution is -2.06. The Bertz CT molecular complexity index is 761. The standard InChI is InChI=1S/C17H12BrNO2/c1-11-4-2-3-5-14(11)16-19-15(17(20)21-16)10-12-6-8-13(18)9-7-12/h2-10H,1H3/b15-10+. The molecule has 0 saturated heterocycles. The van der Waals surface area contributed by atoms with Gasteiger partial charge in [0.2, 0.25) is 5.90 Å². The summed E-state index contributed by atoms with van der Waals surface area (Å²) >= 11 is 3.38. The van der Waals surface area contributed by atoms with E-state index in [0.717, 1.165) is 21.2 Å². The Morgan fingerprint density at radius 1 is 1.10 bits per heavy atom. The molecule has 3 nitrogen and oxygen atoms in total. The Morgan fingerprint density at radius 2 is 1.81 bits per heavy atom. The minimum atomic E-state index is -0.420. The molecule has 0 aromatic heterocycles. The maximum Gasteiger partial charge on any atom is 0.363 e. The zero-order valence-corrected chi connectivity index (χ0v) is 12.9. The number of nitrogens with zero attached hydrogens (tertiary/aromatic N) is 1. The van der Waals surface area contributed by atoms with Crippen molar-refractivity contribution in [3.8, 4) is 0 Å². The number of halogens is 1. The highest BCUT2D eigenvalue weighted by molar-refractivity contribution is 9.10. The van der Waals surface area contributed by atoms with Gasteiger partial charge >= 0.3 is 5.97 Å². The van der Waals surface area contributed by atoms with Crippen LogP contribution in [0.25, 0.3) is 6.08 Å². The number of cyclic esters (lactones) is 1. The average Bonchev–Trinajstić information content (AvgIpc) is 2.83. The summed E-state index contributed by atoms with van der Waals surface area (Å²) in [4.78, 5) is 16.2. The summed E-state index contributed by atoms with van der Waals surface area (Å²) in [6.45, 7) is 1.96. The highest BCUT2D eigenvalue weighted by Gasteiger charge is 2.24. The fourth-order valence-electron chi connectivity index (χ4n) is 2.05. The molecule has 1 aliphatic rings. The molecular weight excluding hydrogens is 330 g/mol. The molecule has 0 N–H and O–H groups in total. The SMILES string of the molecule is Cc1ccccc1C1=N/C(=C/c2ccc(Br)cc2)C(=O)O1. The van der Waals surface area contributed by atoms with Crippen molar-refractivity contribution < 1.29 is 9.53 Å². The maximum absolute atomic E-state index is 11.9. The van der Waals surface area contributed by atoms with Gasteiger partial charge in [-0.05, 0) is 42.3 Å². The van der Waals surface area contributed by atoms with E-state index in [2.05, 4.69) is 20.9 Å². The Morgan fingerprint density at radius 3 is 2.52 bits per heavy atom. The number of hydrogen-bond acceptors (Lipinski definition) is 3. The number of carbonyl (C=O) groups is 1. The summed E-state index contributed by atoms with van der Waals surface area (Å²) in [6, 6.07) is 15.3. The first kappa shape index (κ1) is 13.8. The molecule has 2 aromatic rings. The lowest BCUT2D eigenvalue weighted by atomic mass is 10.1. The molecule has 21 heavy (non-hydrogen) atoms. The number of esters is 1. The van der Waals surface area contributed by atoms with Crippen LogP contribution in [0.2, 0.25) is 0 Å². The molecule has 0 saturated carbocycles. The zero-order chi connectivity index (χ0) is 14.8. The first-order chi connectivity index (χ1) is 10.1. The van der Waals surface area contributed by atoms with Crippen LogP contribution >= 0.6 is 15.9 Å². The molecule has 0 fully saturated rings. The van der Waals surface area contributed by atoms with E-state index in [1.54, 1.807) is 6.08 Å². The van der Waals surface area contributed by atoms with Gasteiger partial charge < -0.3 is 4.74 Å². The van der Waals surface area contributed by atoms with E-state index in [9.17, 15) is 4.79 Å². The minimum absolute atomic E-state index is 0.315. The van der Waals surface area contributed by atoms with Crippen molar-refractivity contribution in [1.82, 2.24) is 0 Å². The van der Waals surface area contributed by atoms with Gasteiger partial charge in [0.15, 0.2) is 5.70 Å². The van der Waals surface area contributed by atoms with Crippen molar-refractivity contribution in [1.29, 1.82) is 0 Å². The summed E-state index contributed by atoms with van der Waals surface area (Å²) < 4.78 is 6.26. The topological polar surface area (TPSA) is 38.7 Å². The molecule has 0 unspecified atom stereocenters. The van der Waals surface area contributed by atoms with Gasteiger partial charge in [0.25, 0.3) is 0 Å². The van der Waals surface area contributed by atoms with Gasteiger partial charge in [0.05, 0.1) is 0 Å². The summed E-state index contributed by atoms with van der Waals surface area (Å²) in [5, 5.41) is 0. The monoisotopic (exact) mass is 341 g/mol. The van der Waals surface area contributed by atoms with Gasteiger partial charge in [-0.15, -0.1) is 0 Å². The Hall–Kier alpha value is -2.20. The molecule has 4 heteroatoms. The highest BCUT2D eigenvalue weighted by Crippen LogP contribution is 2.21. The summed E-state index contributed by atoms with van der Waals surface area (Å²) in [5.41, 5.74) is 3.08. The lowest BCUT2D eigenvalue weighted by Gasteiger charge is -2.02. The molecule has 0 radical (unpaired) electrons. The molecule has 1 heterocycles. The van der Waals surface area contributed by atoms with Gasteiger partial charge in [0, 0.05) is 10.0 Å². The molecule has 0 bridgehead atoms. The van der Waals surface area contributed by atoms with Gasteiger partial charge in [-0.1, -0.05) is 46.3 Å². The molecule has 1 aliphatic heterocycles. The zero-order valence-electron chi connectivity index (χ0n) is 11.3. The second-order valence-electron chi connectivity index (χ2n) is 4.70. The van der Waals surface area contributed by atoms with E-state index < -0.39 is 5.97 Å². The number of rotatable bonds is 2. The Balaban J connectivity index is 1.96. The molecule has 0 spiro atoms. The normalized spacial score (nSPS) is 16.0. The van der Waals surface area contributed by atoms with E-state index in [4.69, 9.17) is 4.74 Å². The van der Waals surface area contributed by atoms with Crippen molar-refractivity contribution in [3.05, 3.63) is 75.4 Å². The Kier molecular flexibility index (Phi) is 3.71. The lowest BCUT2D eigenvalue weighted by molar-refractivity contribution is -0.129. The molecular formula is C17H12BrNO2.